The zero-order valence-electron chi connectivity index (χ0n) is 11.1. The van der Waals surface area contributed by atoms with E-state index in [-0.39, 0.29) is 23.6 Å². The quantitative estimate of drug-likeness (QED) is 0.692. The molecule has 0 aromatic carbocycles. The van der Waals surface area contributed by atoms with Crippen molar-refractivity contribution in [2.24, 2.45) is 11.7 Å². The molecule has 0 radical (unpaired) electrons. The van der Waals surface area contributed by atoms with E-state index in [1.165, 1.54) is 6.26 Å². The van der Waals surface area contributed by atoms with Gasteiger partial charge < -0.3 is 11.1 Å². The van der Waals surface area contributed by atoms with Crippen molar-refractivity contribution in [3.63, 3.8) is 0 Å². The third kappa shape index (κ3) is 7.33. The highest BCUT2D eigenvalue weighted by molar-refractivity contribution is 7.90. The van der Waals surface area contributed by atoms with Gasteiger partial charge in [0.05, 0.1) is 11.8 Å². The molecular weight excluding hydrogens is 240 g/mol. The van der Waals surface area contributed by atoms with Gasteiger partial charge in [0.1, 0.15) is 9.84 Å². The number of nitrogens with one attached hydrogen (secondary N) is 1. The fourth-order valence-corrected chi connectivity index (χ4v) is 2.10. The van der Waals surface area contributed by atoms with Crippen LogP contribution in [0.4, 0.5) is 0 Å². The van der Waals surface area contributed by atoms with E-state index in [4.69, 9.17) is 5.73 Å². The third-order valence-corrected chi connectivity index (χ3v) is 3.85. The van der Waals surface area contributed by atoms with Crippen LogP contribution in [0.25, 0.3) is 0 Å². The molecule has 0 aliphatic heterocycles. The monoisotopic (exact) mass is 264 g/mol. The molecule has 0 bridgehead atoms. The Morgan fingerprint density at radius 2 is 1.88 bits per heavy atom. The van der Waals surface area contributed by atoms with Gasteiger partial charge in [0, 0.05) is 12.3 Å². The molecule has 6 heteroatoms. The molecule has 0 aliphatic rings. The maximum Gasteiger partial charge on any atom is 0.237 e. The second-order valence-electron chi connectivity index (χ2n) is 4.74. The van der Waals surface area contributed by atoms with Gasteiger partial charge >= 0.3 is 0 Å². The Balaban J connectivity index is 4.12. The SMILES string of the molecule is CCC(C)C(N)C(=O)NC(C)CCS(C)(=O)=O. The summed E-state index contributed by atoms with van der Waals surface area (Å²) >= 11 is 0. The van der Waals surface area contributed by atoms with E-state index >= 15 is 0 Å². The highest BCUT2D eigenvalue weighted by Gasteiger charge is 2.20. The zero-order chi connectivity index (χ0) is 13.6. The topological polar surface area (TPSA) is 89.3 Å². The van der Waals surface area contributed by atoms with E-state index in [9.17, 15) is 13.2 Å². The van der Waals surface area contributed by atoms with Gasteiger partial charge in [-0.25, -0.2) is 8.42 Å². The Hall–Kier alpha value is -0.620. The molecular formula is C11H24N2O3S. The van der Waals surface area contributed by atoms with Crippen LogP contribution in [0.3, 0.4) is 0 Å². The number of carbonyl (C=O) groups is 1. The fourth-order valence-electron chi connectivity index (χ4n) is 1.31. The summed E-state index contributed by atoms with van der Waals surface area (Å²) in [6.07, 6.45) is 2.44. The van der Waals surface area contributed by atoms with Crippen LogP contribution in [-0.2, 0) is 14.6 Å². The number of hydrogen-bond acceptors (Lipinski definition) is 4. The summed E-state index contributed by atoms with van der Waals surface area (Å²) in [6, 6.07) is -0.701. The Morgan fingerprint density at radius 3 is 2.29 bits per heavy atom. The standard InChI is InChI=1S/C11H24N2O3S/c1-5-8(2)10(12)11(14)13-9(3)6-7-17(4,15)16/h8-10H,5-7,12H2,1-4H3,(H,13,14). The average Bonchev–Trinajstić information content (AvgIpc) is 2.23. The molecule has 17 heavy (non-hydrogen) atoms. The van der Waals surface area contributed by atoms with E-state index in [0.717, 1.165) is 6.42 Å². The van der Waals surface area contributed by atoms with Crippen LogP contribution < -0.4 is 11.1 Å². The first-order valence-electron chi connectivity index (χ1n) is 5.91. The van der Waals surface area contributed by atoms with Crippen LogP contribution in [-0.4, -0.2) is 38.4 Å². The largest absolute Gasteiger partial charge is 0.352 e. The number of hydrogen-bond donors (Lipinski definition) is 2. The molecule has 0 fully saturated rings. The Morgan fingerprint density at radius 1 is 1.35 bits per heavy atom. The Labute approximate surface area is 104 Å². The number of sulfone groups is 1. The first kappa shape index (κ1) is 16.4. The minimum atomic E-state index is -2.98. The molecule has 0 saturated heterocycles. The predicted octanol–water partition coefficient (Wildman–Crippen LogP) is 0.299. The molecule has 3 atom stereocenters. The van der Waals surface area contributed by atoms with Crippen molar-refractivity contribution in [1.82, 2.24) is 5.32 Å². The second-order valence-corrected chi connectivity index (χ2v) is 7.00. The molecule has 0 saturated carbocycles. The Kier molecular flexibility index (Phi) is 6.70. The van der Waals surface area contributed by atoms with Crippen molar-refractivity contribution in [3.05, 3.63) is 0 Å². The van der Waals surface area contributed by atoms with Crippen LogP contribution in [0.1, 0.15) is 33.6 Å². The van der Waals surface area contributed by atoms with Gasteiger partial charge in [-0.15, -0.1) is 0 Å². The van der Waals surface area contributed by atoms with Gasteiger partial charge in [-0.05, 0) is 19.3 Å². The molecule has 102 valence electrons. The van der Waals surface area contributed by atoms with Gasteiger partial charge in [0.25, 0.3) is 0 Å². The number of nitrogens with two attached hydrogens (primary N) is 1. The van der Waals surface area contributed by atoms with E-state index in [0.29, 0.717) is 6.42 Å². The first-order valence-corrected chi connectivity index (χ1v) is 7.97. The molecule has 0 rings (SSSR count). The molecule has 0 aromatic rings. The van der Waals surface area contributed by atoms with Crippen molar-refractivity contribution in [2.45, 2.75) is 45.7 Å². The summed E-state index contributed by atoms with van der Waals surface area (Å²) in [7, 11) is -2.98. The van der Waals surface area contributed by atoms with Crippen molar-refractivity contribution >= 4 is 15.7 Å². The highest BCUT2D eigenvalue weighted by Crippen LogP contribution is 2.06. The van der Waals surface area contributed by atoms with Crippen LogP contribution in [0.5, 0.6) is 0 Å². The van der Waals surface area contributed by atoms with E-state index in [1.807, 2.05) is 13.8 Å². The minimum absolute atomic E-state index is 0.0764. The van der Waals surface area contributed by atoms with Gasteiger partial charge in [-0.2, -0.15) is 0 Å². The van der Waals surface area contributed by atoms with E-state index in [1.54, 1.807) is 6.92 Å². The zero-order valence-corrected chi connectivity index (χ0v) is 11.9. The average molecular weight is 264 g/mol. The van der Waals surface area contributed by atoms with Crippen molar-refractivity contribution in [1.29, 1.82) is 0 Å². The predicted molar refractivity (Wildman–Crippen MR) is 69.4 cm³/mol. The lowest BCUT2D eigenvalue weighted by Gasteiger charge is -2.20. The maximum absolute atomic E-state index is 11.7. The van der Waals surface area contributed by atoms with Gasteiger partial charge in [0.15, 0.2) is 0 Å². The molecule has 5 nitrogen and oxygen atoms in total. The lowest BCUT2D eigenvalue weighted by Crippen LogP contribution is -2.47. The molecule has 0 heterocycles. The fraction of sp³-hybridized carbons (Fsp3) is 0.909. The van der Waals surface area contributed by atoms with Gasteiger partial charge in [-0.1, -0.05) is 20.3 Å². The Bertz CT molecular complexity index is 341. The van der Waals surface area contributed by atoms with Crippen molar-refractivity contribution in [2.75, 3.05) is 12.0 Å². The normalized spacial score (nSPS) is 17.2. The first-order chi connectivity index (χ1) is 7.67. The van der Waals surface area contributed by atoms with Crippen LogP contribution in [0.2, 0.25) is 0 Å². The number of amides is 1. The molecule has 1 amide bonds. The van der Waals surface area contributed by atoms with Crippen molar-refractivity contribution in [3.8, 4) is 0 Å². The molecule has 0 aliphatic carbocycles. The molecule has 3 N–H and O–H groups in total. The summed E-state index contributed by atoms with van der Waals surface area (Å²) < 4.78 is 21.9. The maximum atomic E-state index is 11.7. The van der Waals surface area contributed by atoms with Crippen LogP contribution in [0.15, 0.2) is 0 Å². The minimum Gasteiger partial charge on any atom is -0.352 e. The van der Waals surface area contributed by atoms with Crippen LogP contribution in [0, 0.1) is 5.92 Å². The summed E-state index contributed by atoms with van der Waals surface area (Å²) in [5.74, 6) is -0.00928. The highest BCUT2D eigenvalue weighted by atomic mass is 32.2. The van der Waals surface area contributed by atoms with Gasteiger partial charge in [0.2, 0.25) is 5.91 Å². The molecule has 0 aromatic heterocycles. The van der Waals surface area contributed by atoms with E-state index in [2.05, 4.69) is 5.32 Å². The lowest BCUT2D eigenvalue weighted by molar-refractivity contribution is -0.124. The smallest absolute Gasteiger partial charge is 0.237 e. The number of carbonyl (C=O) groups excluding carboxylic acids is 1. The van der Waals surface area contributed by atoms with E-state index < -0.39 is 15.9 Å². The summed E-state index contributed by atoms with van der Waals surface area (Å²) in [5.41, 5.74) is 5.77. The summed E-state index contributed by atoms with van der Waals surface area (Å²) in [6.45, 7) is 5.68. The lowest BCUT2D eigenvalue weighted by atomic mass is 9.99. The van der Waals surface area contributed by atoms with Gasteiger partial charge in [-0.3, -0.25) is 4.79 Å². The molecule has 0 spiro atoms. The number of rotatable bonds is 7. The summed E-state index contributed by atoms with van der Waals surface area (Å²) in [4.78, 5) is 11.7. The molecule has 3 unspecified atom stereocenters. The third-order valence-electron chi connectivity index (χ3n) is 2.87. The second kappa shape index (κ2) is 6.96. The van der Waals surface area contributed by atoms with Crippen LogP contribution >= 0.6 is 0 Å². The van der Waals surface area contributed by atoms with Crippen molar-refractivity contribution < 1.29 is 13.2 Å². The summed E-state index contributed by atoms with van der Waals surface area (Å²) in [5, 5.41) is 2.74.